The number of ether oxygens (including phenoxy) is 2. The van der Waals surface area contributed by atoms with Gasteiger partial charge < -0.3 is 14.6 Å². The quantitative estimate of drug-likeness (QED) is 0.845. The summed E-state index contributed by atoms with van der Waals surface area (Å²) < 4.78 is 10.7. The van der Waals surface area contributed by atoms with Gasteiger partial charge in [0.2, 0.25) is 0 Å². The second kappa shape index (κ2) is 4.44. The molecule has 88 valence electrons. The Balaban J connectivity index is 2.20. The Bertz CT molecular complexity index is 371. The number of hydrogen-bond acceptors (Lipinski definition) is 3. The number of hydrogen-bond donors (Lipinski definition) is 1. The lowest BCUT2D eigenvalue weighted by Gasteiger charge is -2.23. The first-order valence-electron chi connectivity index (χ1n) is 5.70. The molecule has 3 heteroatoms. The van der Waals surface area contributed by atoms with Crippen molar-refractivity contribution in [3.8, 4) is 5.75 Å². The molecule has 1 aromatic rings. The topological polar surface area (TPSA) is 38.7 Å². The van der Waals surface area contributed by atoms with E-state index in [0.717, 1.165) is 24.3 Å². The highest BCUT2D eigenvalue weighted by Gasteiger charge is 2.25. The van der Waals surface area contributed by atoms with E-state index in [1.54, 1.807) is 6.92 Å². The maximum Gasteiger partial charge on any atom is 0.122 e. The molecule has 0 amide bonds. The van der Waals surface area contributed by atoms with Gasteiger partial charge in [-0.2, -0.15) is 0 Å². The Kier molecular flexibility index (Phi) is 3.17. The summed E-state index contributed by atoms with van der Waals surface area (Å²) in [5, 5.41) is 10.3. The van der Waals surface area contributed by atoms with E-state index in [2.05, 4.69) is 0 Å². The van der Waals surface area contributed by atoms with Gasteiger partial charge in [0.15, 0.2) is 0 Å². The molecule has 0 bridgehead atoms. The van der Waals surface area contributed by atoms with E-state index < -0.39 is 5.60 Å². The van der Waals surface area contributed by atoms with Gasteiger partial charge in [-0.05, 0) is 37.1 Å². The van der Waals surface area contributed by atoms with Crippen molar-refractivity contribution < 1.29 is 14.6 Å². The molecular formula is C13H18O3. The van der Waals surface area contributed by atoms with Crippen molar-refractivity contribution in [3.05, 3.63) is 29.3 Å². The second-order valence-corrected chi connectivity index (χ2v) is 4.33. The highest BCUT2D eigenvalue weighted by atomic mass is 16.5. The zero-order chi connectivity index (χ0) is 11.6. The van der Waals surface area contributed by atoms with Gasteiger partial charge in [-0.25, -0.2) is 0 Å². The summed E-state index contributed by atoms with van der Waals surface area (Å²) in [5.74, 6) is 0.941. The predicted octanol–water partition coefficient (Wildman–Crippen LogP) is 1.87. The minimum Gasteiger partial charge on any atom is -0.493 e. The van der Waals surface area contributed by atoms with Crippen LogP contribution in [0.4, 0.5) is 0 Å². The van der Waals surface area contributed by atoms with E-state index in [-0.39, 0.29) is 0 Å². The van der Waals surface area contributed by atoms with Crippen LogP contribution in [0.2, 0.25) is 0 Å². The van der Waals surface area contributed by atoms with Gasteiger partial charge >= 0.3 is 0 Å². The molecular weight excluding hydrogens is 204 g/mol. The molecule has 0 saturated carbocycles. The van der Waals surface area contributed by atoms with E-state index in [1.165, 1.54) is 5.56 Å². The van der Waals surface area contributed by atoms with Crippen molar-refractivity contribution in [2.75, 3.05) is 19.8 Å². The van der Waals surface area contributed by atoms with Crippen LogP contribution < -0.4 is 4.74 Å². The first-order chi connectivity index (χ1) is 7.63. The molecule has 1 heterocycles. The lowest BCUT2D eigenvalue weighted by molar-refractivity contribution is -0.0343. The Morgan fingerprint density at radius 1 is 1.50 bits per heavy atom. The average molecular weight is 222 g/mol. The van der Waals surface area contributed by atoms with E-state index in [9.17, 15) is 5.11 Å². The molecule has 1 N–H and O–H groups in total. The lowest BCUT2D eigenvalue weighted by atomic mass is 9.94. The first kappa shape index (κ1) is 11.4. The third-order valence-corrected chi connectivity index (χ3v) is 2.90. The van der Waals surface area contributed by atoms with Crippen LogP contribution in [0.3, 0.4) is 0 Å². The van der Waals surface area contributed by atoms with E-state index >= 15 is 0 Å². The summed E-state index contributed by atoms with van der Waals surface area (Å²) in [6, 6.07) is 5.85. The summed E-state index contributed by atoms with van der Waals surface area (Å²) in [5.41, 5.74) is 1.15. The lowest BCUT2D eigenvalue weighted by Crippen LogP contribution is -2.27. The van der Waals surface area contributed by atoms with Crippen LogP contribution in [0.5, 0.6) is 5.75 Å². The van der Waals surface area contributed by atoms with Crippen LogP contribution >= 0.6 is 0 Å². The largest absolute Gasteiger partial charge is 0.493 e. The van der Waals surface area contributed by atoms with Crippen molar-refractivity contribution in [1.82, 2.24) is 0 Å². The van der Waals surface area contributed by atoms with Crippen LogP contribution in [0.1, 0.15) is 25.0 Å². The third kappa shape index (κ3) is 2.20. The predicted molar refractivity (Wildman–Crippen MR) is 61.7 cm³/mol. The van der Waals surface area contributed by atoms with Gasteiger partial charge in [0.05, 0.1) is 13.2 Å². The third-order valence-electron chi connectivity index (χ3n) is 2.90. The fourth-order valence-corrected chi connectivity index (χ4v) is 1.91. The van der Waals surface area contributed by atoms with Gasteiger partial charge in [-0.15, -0.1) is 0 Å². The Labute approximate surface area is 96.0 Å². The number of aliphatic hydroxyl groups is 1. The fraction of sp³-hybridized carbons (Fsp3) is 0.538. The normalized spacial score (nSPS) is 17.7. The Morgan fingerprint density at radius 2 is 2.31 bits per heavy atom. The number of fused-ring (bicyclic) bond motifs is 1. The Hall–Kier alpha value is -1.06. The maximum atomic E-state index is 10.3. The minimum atomic E-state index is -0.923. The number of benzene rings is 1. The highest BCUT2D eigenvalue weighted by Crippen LogP contribution is 2.30. The summed E-state index contributed by atoms with van der Waals surface area (Å²) in [6.45, 7) is 5.38. The SMILES string of the molecule is CCOCC(C)(O)c1ccc2c(c1)CCO2. The summed E-state index contributed by atoms with van der Waals surface area (Å²) in [6.07, 6.45) is 0.924. The molecule has 16 heavy (non-hydrogen) atoms. The van der Waals surface area contributed by atoms with Crippen LogP contribution in [-0.2, 0) is 16.8 Å². The molecule has 0 saturated heterocycles. The zero-order valence-corrected chi connectivity index (χ0v) is 9.82. The first-order valence-corrected chi connectivity index (χ1v) is 5.70. The van der Waals surface area contributed by atoms with Crippen molar-refractivity contribution in [3.63, 3.8) is 0 Å². The molecule has 0 spiro atoms. The molecule has 0 fully saturated rings. The molecule has 0 radical (unpaired) electrons. The maximum absolute atomic E-state index is 10.3. The molecule has 2 rings (SSSR count). The summed E-state index contributed by atoms with van der Waals surface area (Å²) >= 11 is 0. The second-order valence-electron chi connectivity index (χ2n) is 4.33. The minimum absolute atomic E-state index is 0.323. The van der Waals surface area contributed by atoms with Crippen LogP contribution in [0.15, 0.2) is 18.2 Å². The van der Waals surface area contributed by atoms with Gasteiger partial charge in [-0.3, -0.25) is 0 Å². The van der Waals surface area contributed by atoms with Gasteiger partial charge in [0.1, 0.15) is 11.4 Å². The van der Waals surface area contributed by atoms with Crippen LogP contribution in [-0.4, -0.2) is 24.9 Å². The monoisotopic (exact) mass is 222 g/mol. The van der Waals surface area contributed by atoms with E-state index in [1.807, 2.05) is 25.1 Å². The molecule has 1 aliphatic rings. The zero-order valence-electron chi connectivity index (χ0n) is 9.82. The molecule has 1 aliphatic heterocycles. The van der Waals surface area contributed by atoms with E-state index in [4.69, 9.17) is 9.47 Å². The molecule has 0 aromatic heterocycles. The fourth-order valence-electron chi connectivity index (χ4n) is 1.91. The van der Waals surface area contributed by atoms with Gasteiger partial charge in [-0.1, -0.05) is 6.07 Å². The van der Waals surface area contributed by atoms with Crippen molar-refractivity contribution in [2.45, 2.75) is 25.9 Å². The number of rotatable bonds is 4. The molecule has 1 unspecified atom stereocenters. The highest BCUT2D eigenvalue weighted by molar-refractivity contribution is 5.41. The summed E-state index contributed by atoms with van der Waals surface area (Å²) in [4.78, 5) is 0. The molecule has 1 atom stereocenters. The smallest absolute Gasteiger partial charge is 0.122 e. The standard InChI is InChI=1S/C13H18O3/c1-3-15-9-13(2,14)11-4-5-12-10(8-11)6-7-16-12/h4-5,8,14H,3,6-7,9H2,1-2H3. The summed E-state index contributed by atoms with van der Waals surface area (Å²) in [7, 11) is 0. The molecule has 3 nitrogen and oxygen atoms in total. The van der Waals surface area contributed by atoms with Crippen molar-refractivity contribution in [1.29, 1.82) is 0 Å². The Morgan fingerprint density at radius 3 is 3.06 bits per heavy atom. The van der Waals surface area contributed by atoms with Crippen LogP contribution in [0, 0.1) is 0 Å². The van der Waals surface area contributed by atoms with Gasteiger partial charge in [0.25, 0.3) is 0 Å². The molecule has 0 aliphatic carbocycles. The molecule has 1 aromatic carbocycles. The average Bonchev–Trinajstić information content (AvgIpc) is 2.73. The van der Waals surface area contributed by atoms with Crippen LogP contribution in [0.25, 0.3) is 0 Å². The van der Waals surface area contributed by atoms with Crippen molar-refractivity contribution in [2.24, 2.45) is 0 Å². The van der Waals surface area contributed by atoms with Gasteiger partial charge in [0, 0.05) is 13.0 Å². The van der Waals surface area contributed by atoms with E-state index in [0.29, 0.717) is 13.2 Å². The van der Waals surface area contributed by atoms with Crippen molar-refractivity contribution >= 4 is 0 Å².